The van der Waals surface area contributed by atoms with Crippen molar-refractivity contribution >= 4 is 0 Å². The summed E-state index contributed by atoms with van der Waals surface area (Å²) in [6.45, 7) is 2.74. The zero-order valence-corrected chi connectivity index (χ0v) is 9.00. The molecule has 0 aliphatic heterocycles. The van der Waals surface area contributed by atoms with E-state index in [2.05, 4.69) is 5.32 Å². The van der Waals surface area contributed by atoms with Crippen LogP contribution in [0.5, 0.6) is 0 Å². The highest BCUT2D eigenvalue weighted by Gasteiger charge is 2.20. The molecule has 0 rings (SSSR count). The average Bonchev–Trinajstić information content (AvgIpc) is 2.23. The van der Waals surface area contributed by atoms with E-state index in [1.165, 1.54) is 0 Å². The zero-order chi connectivity index (χ0) is 10.9. The molecular formula is C10H23NO3. The second kappa shape index (κ2) is 8.17. The van der Waals surface area contributed by atoms with Gasteiger partial charge < -0.3 is 20.6 Å². The maximum Gasteiger partial charge on any atom is 0.0633 e. The van der Waals surface area contributed by atoms with Crippen molar-refractivity contribution in [3.05, 3.63) is 0 Å². The monoisotopic (exact) mass is 205 g/mol. The van der Waals surface area contributed by atoms with E-state index in [1.54, 1.807) is 6.92 Å². The van der Waals surface area contributed by atoms with E-state index >= 15 is 0 Å². The molecule has 0 spiro atoms. The molecule has 86 valence electrons. The van der Waals surface area contributed by atoms with Crippen LogP contribution in [0.3, 0.4) is 0 Å². The van der Waals surface area contributed by atoms with Crippen molar-refractivity contribution in [2.24, 2.45) is 0 Å². The third-order valence-corrected chi connectivity index (χ3v) is 2.33. The summed E-state index contributed by atoms with van der Waals surface area (Å²) in [5.74, 6) is 0. The molecule has 0 saturated heterocycles. The van der Waals surface area contributed by atoms with E-state index in [9.17, 15) is 0 Å². The SMILES string of the molecule is CC(CO)(CO)NCCCCCCO. The molecule has 4 N–H and O–H groups in total. The highest BCUT2D eigenvalue weighted by Crippen LogP contribution is 2.03. The molecule has 0 aromatic heterocycles. The Morgan fingerprint density at radius 3 is 2.00 bits per heavy atom. The summed E-state index contributed by atoms with van der Waals surface area (Å²) in [6, 6.07) is 0. The van der Waals surface area contributed by atoms with Gasteiger partial charge in [-0.3, -0.25) is 0 Å². The standard InChI is InChI=1S/C10H23NO3/c1-10(8-13,9-14)11-6-4-2-3-5-7-12/h11-14H,2-9H2,1H3. The van der Waals surface area contributed by atoms with Crippen molar-refractivity contribution in [3.63, 3.8) is 0 Å². The summed E-state index contributed by atoms with van der Waals surface area (Å²) >= 11 is 0. The van der Waals surface area contributed by atoms with Gasteiger partial charge in [-0.15, -0.1) is 0 Å². The number of rotatable bonds is 9. The van der Waals surface area contributed by atoms with Crippen molar-refractivity contribution < 1.29 is 15.3 Å². The molecule has 0 atom stereocenters. The Morgan fingerprint density at radius 2 is 1.50 bits per heavy atom. The topological polar surface area (TPSA) is 72.7 Å². The summed E-state index contributed by atoms with van der Waals surface area (Å²) in [5, 5.41) is 29.6. The number of aliphatic hydroxyl groups excluding tert-OH is 3. The second-order valence-electron chi connectivity index (χ2n) is 3.94. The first-order chi connectivity index (χ1) is 6.68. The fourth-order valence-corrected chi connectivity index (χ4v) is 1.14. The fraction of sp³-hybridized carbons (Fsp3) is 1.00. The first-order valence-electron chi connectivity index (χ1n) is 5.26. The van der Waals surface area contributed by atoms with Crippen LogP contribution in [0.4, 0.5) is 0 Å². The predicted octanol–water partition coefficient (Wildman–Crippen LogP) is -0.128. The normalized spacial score (nSPS) is 12.0. The van der Waals surface area contributed by atoms with Crippen LogP contribution in [-0.2, 0) is 0 Å². The minimum atomic E-state index is -0.559. The smallest absolute Gasteiger partial charge is 0.0633 e. The van der Waals surface area contributed by atoms with E-state index in [4.69, 9.17) is 15.3 Å². The third-order valence-electron chi connectivity index (χ3n) is 2.33. The number of aliphatic hydroxyl groups is 3. The summed E-state index contributed by atoms with van der Waals surface area (Å²) in [5.41, 5.74) is -0.559. The Bertz CT molecular complexity index is 127. The van der Waals surface area contributed by atoms with Gasteiger partial charge in [0.05, 0.1) is 18.8 Å². The lowest BCUT2D eigenvalue weighted by atomic mass is 10.1. The van der Waals surface area contributed by atoms with Crippen LogP contribution >= 0.6 is 0 Å². The summed E-state index contributed by atoms with van der Waals surface area (Å²) in [6.07, 6.45) is 3.97. The van der Waals surface area contributed by atoms with Gasteiger partial charge in [-0.1, -0.05) is 12.8 Å². The second-order valence-corrected chi connectivity index (χ2v) is 3.94. The molecule has 4 nitrogen and oxygen atoms in total. The van der Waals surface area contributed by atoms with Crippen LogP contribution < -0.4 is 5.32 Å². The van der Waals surface area contributed by atoms with Crippen LogP contribution in [-0.4, -0.2) is 47.2 Å². The molecule has 0 saturated carbocycles. The summed E-state index contributed by atoms with van der Waals surface area (Å²) in [4.78, 5) is 0. The molecule has 4 heteroatoms. The lowest BCUT2D eigenvalue weighted by Gasteiger charge is -2.26. The Morgan fingerprint density at radius 1 is 0.929 bits per heavy atom. The Kier molecular flexibility index (Phi) is 8.08. The highest BCUT2D eigenvalue weighted by molar-refractivity contribution is 4.80. The van der Waals surface area contributed by atoms with Gasteiger partial charge in [0, 0.05) is 6.61 Å². The van der Waals surface area contributed by atoms with Crippen LogP contribution in [0.15, 0.2) is 0 Å². The molecule has 0 aliphatic carbocycles. The van der Waals surface area contributed by atoms with E-state index in [-0.39, 0.29) is 19.8 Å². The van der Waals surface area contributed by atoms with Gasteiger partial charge in [0.2, 0.25) is 0 Å². The molecule has 0 unspecified atom stereocenters. The molecule has 0 heterocycles. The zero-order valence-electron chi connectivity index (χ0n) is 9.00. The molecule has 0 aromatic carbocycles. The first-order valence-corrected chi connectivity index (χ1v) is 5.26. The minimum absolute atomic E-state index is 0.0554. The van der Waals surface area contributed by atoms with E-state index in [0.29, 0.717) is 0 Å². The number of nitrogens with one attached hydrogen (secondary N) is 1. The van der Waals surface area contributed by atoms with Crippen molar-refractivity contribution in [2.45, 2.75) is 38.1 Å². The molecule has 0 bridgehead atoms. The highest BCUT2D eigenvalue weighted by atomic mass is 16.3. The predicted molar refractivity (Wildman–Crippen MR) is 56.1 cm³/mol. The van der Waals surface area contributed by atoms with E-state index in [1.807, 2.05) is 0 Å². The van der Waals surface area contributed by atoms with Gasteiger partial charge in [0.1, 0.15) is 0 Å². The minimum Gasteiger partial charge on any atom is -0.396 e. The molecule has 0 amide bonds. The number of hydrogen-bond donors (Lipinski definition) is 4. The van der Waals surface area contributed by atoms with Crippen LogP contribution in [0, 0.1) is 0 Å². The van der Waals surface area contributed by atoms with Crippen molar-refractivity contribution in [1.82, 2.24) is 5.32 Å². The van der Waals surface area contributed by atoms with Gasteiger partial charge in [-0.2, -0.15) is 0 Å². The van der Waals surface area contributed by atoms with Crippen LogP contribution in [0.25, 0.3) is 0 Å². The largest absolute Gasteiger partial charge is 0.396 e. The van der Waals surface area contributed by atoms with E-state index < -0.39 is 5.54 Å². The van der Waals surface area contributed by atoms with Crippen LogP contribution in [0.1, 0.15) is 32.6 Å². The van der Waals surface area contributed by atoms with Gasteiger partial charge in [0.25, 0.3) is 0 Å². The molecular weight excluding hydrogens is 182 g/mol. The molecule has 0 fully saturated rings. The lowest BCUT2D eigenvalue weighted by Crippen LogP contribution is -2.49. The fourth-order valence-electron chi connectivity index (χ4n) is 1.14. The Hall–Kier alpha value is -0.160. The van der Waals surface area contributed by atoms with Crippen molar-refractivity contribution in [2.75, 3.05) is 26.4 Å². The summed E-state index contributed by atoms with van der Waals surface area (Å²) in [7, 11) is 0. The van der Waals surface area contributed by atoms with Gasteiger partial charge in [-0.25, -0.2) is 0 Å². The van der Waals surface area contributed by atoms with E-state index in [0.717, 1.165) is 32.2 Å². The Labute approximate surface area is 86.0 Å². The van der Waals surface area contributed by atoms with Crippen molar-refractivity contribution in [1.29, 1.82) is 0 Å². The number of unbranched alkanes of at least 4 members (excludes halogenated alkanes) is 3. The van der Waals surface area contributed by atoms with Gasteiger partial charge in [0.15, 0.2) is 0 Å². The summed E-state index contributed by atoms with van der Waals surface area (Å²) < 4.78 is 0. The van der Waals surface area contributed by atoms with Gasteiger partial charge >= 0.3 is 0 Å². The maximum atomic E-state index is 8.97. The maximum absolute atomic E-state index is 8.97. The number of hydrogen-bond acceptors (Lipinski definition) is 4. The van der Waals surface area contributed by atoms with Crippen molar-refractivity contribution in [3.8, 4) is 0 Å². The molecule has 14 heavy (non-hydrogen) atoms. The average molecular weight is 205 g/mol. The van der Waals surface area contributed by atoms with Gasteiger partial charge in [-0.05, 0) is 26.3 Å². The van der Waals surface area contributed by atoms with Crippen LogP contribution in [0.2, 0.25) is 0 Å². The lowest BCUT2D eigenvalue weighted by molar-refractivity contribution is 0.104. The quantitative estimate of drug-likeness (QED) is 0.396. The Balaban J connectivity index is 3.34. The molecule has 0 radical (unpaired) electrons. The first kappa shape index (κ1) is 13.8. The molecule has 0 aromatic rings. The molecule has 0 aliphatic rings. The third kappa shape index (κ3) is 6.32.